The summed E-state index contributed by atoms with van der Waals surface area (Å²) >= 11 is 0. The fourth-order valence-electron chi connectivity index (χ4n) is 5.09. The number of benzene rings is 3. The number of fused-ring (bicyclic) bond motifs is 3. The summed E-state index contributed by atoms with van der Waals surface area (Å²) in [5.41, 5.74) is 3.49. The van der Waals surface area contributed by atoms with Crippen LogP contribution >= 0.6 is 0 Å². The molecule has 0 fully saturated rings. The maximum atomic E-state index is 13.7. The van der Waals surface area contributed by atoms with Gasteiger partial charge in [-0.25, -0.2) is 8.42 Å². The molecular formula is C27H25F3N2O2S. The third-order valence-electron chi connectivity index (χ3n) is 7.00. The first kappa shape index (κ1) is 23.5. The van der Waals surface area contributed by atoms with Gasteiger partial charge in [0.15, 0.2) is 0 Å². The molecule has 182 valence electrons. The molecule has 0 spiro atoms. The molecule has 0 bridgehead atoms. The zero-order chi connectivity index (χ0) is 25.0. The minimum absolute atomic E-state index is 0.115. The third-order valence-corrected chi connectivity index (χ3v) is 8.38. The van der Waals surface area contributed by atoms with Crippen molar-refractivity contribution < 1.29 is 21.6 Å². The molecule has 1 heterocycles. The maximum absolute atomic E-state index is 13.7. The van der Waals surface area contributed by atoms with E-state index in [0.29, 0.717) is 17.8 Å². The van der Waals surface area contributed by atoms with Gasteiger partial charge in [-0.15, -0.1) is 0 Å². The lowest BCUT2D eigenvalue weighted by Crippen LogP contribution is -2.31. The maximum Gasteiger partial charge on any atom is 0.416 e. The molecule has 1 aliphatic heterocycles. The molecule has 0 aromatic heterocycles. The highest BCUT2D eigenvalue weighted by molar-refractivity contribution is 7.92. The molecule has 35 heavy (non-hydrogen) atoms. The van der Waals surface area contributed by atoms with E-state index < -0.39 is 27.8 Å². The van der Waals surface area contributed by atoms with Gasteiger partial charge in [0.05, 0.1) is 16.5 Å². The Hall–Kier alpha value is -3.26. The van der Waals surface area contributed by atoms with E-state index in [-0.39, 0.29) is 22.3 Å². The van der Waals surface area contributed by atoms with Crippen molar-refractivity contribution in [3.05, 3.63) is 101 Å². The van der Waals surface area contributed by atoms with E-state index in [1.165, 1.54) is 18.2 Å². The fourth-order valence-corrected chi connectivity index (χ4v) is 6.18. The molecule has 2 aliphatic rings. The van der Waals surface area contributed by atoms with Crippen molar-refractivity contribution in [2.45, 2.75) is 43.3 Å². The number of sulfonamides is 1. The standard InChI is InChI=1S/C27H25F3N2O2S/c1-16-10-11-18(14-17(16)2)32-35(33,34)19-12-13-25-23(15-19)20-7-5-8-21(20)26(31-25)22-6-3-4-9-24(22)27(28,29)30/h3-7,9-15,20-21,26,31-32H,8H2,1-2H3/t20-,21+,26-/m0/s1. The van der Waals surface area contributed by atoms with Gasteiger partial charge >= 0.3 is 6.18 Å². The quantitative estimate of drug-likeness (QED) is 0.383. The summed E-state index contributed by atoms with van der Waals surface area (Å²) in [6, 6.07) is 15.2. The van der Waals surface area contributed by atoms with E-state index in [0.717, 1.165) is 22.8 Å². The van der Waals surface area contributed by atoms with E-state index >= 15 is 0 Å². The summed E-state index contributed by atoms with van der Waals surface area (Å²) in [6.07, 6.45) is 0.0778. The average molecular weight is 499 g/mol. The van der Waals surface area contributed by atoms with Crippen molar-refractivity contribution in [3.63, 3.8) is 0 Å². The van der Waals surface area contributed by atoms with Gasteiger partial charge in [0.25, 0.3) is 10.0 Å². The molecule has 2 N–H and O–H groups in total. The molecule has 1 aliphatic carbocycles. The molecule has 3 aromatic carbocycles. The monoisotopic (exact) mass is 498 g/mol. The predicted molar refractivity (Wildman–Crippen MR) is 131 cm³/mol. The molecule has 8 heteroatoms. The van der Waals surface area contributed by atoms with Gasteiger partial charge in [0, 0.05) is 17.3 Å². The second kappa shape index (κ2) is 8.45. The Morgan fingerprint density at radius 3 is 2.46 bits per heavy atom. The normalized spacial score (nSPS) is 21.2. The zero-order valence-electron chi connectivity index (χ0n) is 19.2. The highest BCUT2D eigenvalue weighted by atomic mass is 32.2. The van der Waals surface area contributed by atoms with Crippen molar-refractivity contribution >= 4 is 21.4 Å². The van der Waals surface area contributed by atoms with E-state index in [1.54, 1.807) is 30.3 Å². The van der Waals surface area contributed by atoms with Gasteiger partial charge in [0.1, 0.15) is 0 Å². The Balaban J connectivity index is 1.51. The minimum Gasteiger partial charge on any atom is -0.378 e. The van der Waals surface area contributed by atoms with Gasteiger partial charge in [-0.3, -0.25) is 4.72 Å². The van der Waals surface area contributed by atoms with Crippen LogP contribution in [0.3, 0.4) is 0 Å². The number of alkyl halides is 3. The van der Waals surface area contributed by atoms with Crippen LogP contribution in [0.2, 0.25) is 0 Å². The van der Waals surface area contributed by atoms with E-state index in [9.17, 15) is 21.6 Å². The number of nitrogens with one attached hydrogen (secondary N) is 2. The Morgan fingerprint density at radius 1 is 0.943 bits per heavy atom. The summed E-state index contributed by atoms with van der Waals surface area (Å²) < 4.78 is 70.1. The molecular weight excluding hydrogens is 473 g/mol. The Kier molecular flexibility index (Phi) is 5.67. The van der Waals surface area contributed by atoms with Gasteiger partial charge in [-0.1, -0.05) is 36.4 Å². The summed E-state index contributed by atoms with van der Waals surface area (Å²) in [5, 5.41) is 3.28. The molecule has 0 saturated carbocycles. The first-order valence-electron chi connectivity index (χ1n) is 11.4. The van der Waals surface area contributed by atoms with Crippen LogP contribution in [-0.2, 0) is 16.2 Å². The summed E-state index contributed by atoms with van der Waals surface area (Å²) in [4.78, 5) is 0.115. The molecule has 4 nitrogen and oxygen atoms in total. The van der Waals surface area contributed by atoms with Crippen LogP contribution < -0.4 is 10.0 Å². The highest BCUT2D eigenvalue weighted by Crippen LogP contribution is 2.51. The van der Waals surface area contributed by atoms with Crippen molar-refractivity contribution in [1.29, 1.82) is 0 Å². The van der Waals surface area contributed by atoms with E-state index in [1.807, 2.05) is 32.1 Å². The van der Waals surface area contributed by atoms with Gasteiger partial charge in [-0.2, -0.15) is 13.2 Å². The van der Waals surface area contributed by atoms with Crippen molar-refractivity contribution in [2.24, 2.45) is 5.92 Å². The number of hydrogen-bond acceptors (Lipinski definition) is 3. The lowest BCUT2D eigenvalue weighted by molar-refractivity contribution is -0.138. The van der Waals surface area contributed by atoms with Crippen molar-refractivity contribution in [1.82, 2.24) is 0 Å². The van der Waals surface area contributed by atoms with Crippen LogP contribution in [-0.4, -0.2) is 8.42 Å². The van der Waals surface area contributed by atoms with Crippen LogP contribution in [0, 0.1) is 19.8 Å². The highest BCUT2D eigenvalue weighted by Gasteiger charge is 2.42. The van der Waals surface area contributed by atoms with Crippen LogP contribution in [0.25, 0.3) is 0 Å². The van der Waals surface area contributed by atoms with Crippen LogP contribution in [0.5, 0.6) is 0 Å². The van der Waals surface area contributed by atoms with Gasteiger partial charge in [0.2, 0.25) is 0 Å². The van der Waals surface area contributed by atoms with Crippen LogP contribution in [0.4, 0.5) is 24.5 Å². The number of hydrogen-bond donors (Lipinski definition) is 2. The Labute approximate surface area is 202 Å². The van der Waals surface area contributed by atoms with Crippen molar-refractivity contribution in [2.75, 3.05) is 10.0 Å². The van der Waals surface area contributed by atoms with Gasteiger partial charge < -0.3 is 5.32 Å². The number of aryl methyl sites for hydroxylation is 2. The van der Waals surface area contributed by atoms with Crippen LogP contribution in [0.1, 0.15) is 46.2 Å². The number of rotatable bonds is 4. The zero-order valence-corrected chi connectivity index (χ0v) is 20.0. The molecule has 0 radical (unpaired) electrons. The van der Waals surface area contributed by atoms with Gasteiger partial charge in [-0.05, 0) is 84.8 Å². The van der Waals surface area contributed by atoms with E-state index in [2.05, 4.69) is 10.0 Å². The third kappa shape index (κ3) is 4.31. The lowest BCUT2D eigenvalue weighted by Gasteiger charge is -2.38. The molecule has 0 amide bonds. The SMILES string of the molecule is Cc1ccc(NS(=O)(=O)c2ccc3c(c2)[C@H]2C=CC[C@H]2[C@@H](c2ccccc2C(F)(F)F)N3)cc1C. The first-order valence-corrected chi connectivity index (χ1v) is 12.9. The smallest absolute Gasteiger partial charge is 0.378 e. The lowest BCUT2D eigenvalue weighted by atomic mass is 9.76. The topological polar surface area (TPSA) is 58.2 Å². The first-order chi connectivity index (χ1) is 16.5. The summed E-state index contributed by atoms with van der Waals surface area (Å²) in [7, 11) is -3.85. The summed E-state index contributed by atoms with van der Waals surface area (Å²) in [5.74, 6) is -0.342. The minimum atomic E-state index is -4.46. The fraction of sp³-hybridized carbons (Fsp3) is 0.259. The average Bonchev–Trinajstić information content (AvgIpc) is 3.30. The number of allylic oxidation sites excluding steroid dienone is 2. The second-order valence-corrected chi connectivity index (χ2v) is 10.9. The molecule has 0 unspecified atom stereocenters. The Morgan fingerprint density at radius 2 is 1.71 bits per heavy atom. The Bertz CT molecular complexity index is 1430. The molecule has 3 aromatic rings. The molecule has 3 atom stereocenters. The van der Waals surface area contributed by atoms with E-state index in [4.69, 9.17) is 0 Å². The summed E-state index contributed by atoms with van der Waals surface area (Å²) in [6.45, 7) is 3.87. The van der Waals surface area contributed by atoms with Crippen molar-refractivity contribution in [3.8, 4) is 0 Å². The second-order valence-electron chi connectivity index (χ2n) is 9.21. The number of halogens is 3. The molecule has 0 saturated heterocycles. The molecule has 5 rings (SSSR count). The predicted octanol–water partition coefficient (Wildman–Crippen LogP) is 6.95. The number of anilines is 2. The van der Waals surface area contributed by atoms with Crippen LogP contribution in [0.15, 0.2) is 77.7 Å². The largest absolute Gasteiger partial charge is 0.416 e.